The summed E-state index contributed by atoms with van der Waals surface area (Å²) in [6.07, 6.45) is -1.92. The molecule has 16 heteroatoms. The van der Waals surface area contributed by atoms with Crippen LogP contribution in [0.4, 0.5) is 22.0 Å². The van der Waals surface area contributed by atoms with Gasteiger partial charge in [-0.25, -0.2) is 13.8 Å². The number of nitrogens with two attached hydrogens (primary N) is 1. The van der Waals surface area contributed by atoms with Crippen molar-refractivity contribution in [2.45, 2.75) is 43.0 Å². The van der Waals surface area contributed by atoms with E-state index in [1.165, 1.54) is 26.2 Å². The van der Waals surface area contributed by atoms with Gasteiger partial charge >= 0.3 is 6.18 Å². The molecular formula is C30H25ClF5N5O5. The summed E-state index contributed by atoms with van der Waals surface area (Å²) < 4.78 is 86.4. The zero-order valence-electron chi connectivity index (χ0n) is 24.1. The number of amides is 2. The summed E-state index contributed by atoms with van der Waals surface area (Å²) in [6.45, 7) is -0.652. The van der Waals surface area contributed by atoms with Crippen LogP contribution in [-0.4, -0.2) is 58.1 Å². The fourth-order valence-electron chi connectivity index (χ4n) is 5.27. The SMILES string of the molecule is COc1cc(C(=O)NCC(O)(c2cc3c(c(-c4ccc(Cl)c(F)c4F)n2)OC[C@]3(C)C(N)=O)C(F)(F)F)cc2cn(C3CC3)nc12. The zero-order chi connectivity index (χ0) is 33.3. The Morgan fingerprint density at radius 3 is 2.57 bits per heavy atom. The van der Waals surface area contributed by atoms with E-state index in [9.17, 15) is 32.3 Å². The van der Waals surface area contributed by atoms with Crippen LogP contribution in [0.3, 0.4) is 0 Å². The maximum Gasteiger partial charge on any atom is 0.424 e. The van der Waals surface area contributed by atoms with Gasteiger partial charge in [0.05, 0.1) is 30.4 Å². The molecule has 0 spiro atoms. The Labute approximate surface area is 262 Å². The second-order valence-electron chi connectivity index (χ2n) is 11.4. The lowest BCUT2D eigenvalue weighted by molar-refractivity contribution is -0.265. The summed E-state index contributed by atoms with van der Waals surface area (Å²) in [7, 11) is 1.35. The molecule has 242 valence electrons. The summed E-state index contributed by atoms with van der Waals surface area (Å²) in [5, 5.41) is 17.7. The van der Waals surface area contributed by atoms with Crippen molar-refractivity contribution in [2.75, 3.05) is 20.3 Å². The van der Waals surface area contributed by atoms with Gasteiger partial charge in [0, 0.05) is 28.3 Å². The van der Waals surface area contributed by atoms with Crippen LogP contribution in [0.1, 0.15) is 47.4 Å². The predicted octanol–water partition coefficient (Wildman–Crippen LogP) is 4.69. The van der Waals surface area contributed by atoms with Gasteiger partial charge in [-0.05, 0) is 50.1 Å². The average Bonchev–Trinajstić information content (AvgIpc) is 3.68. The number of aliphatic hydroxyl groups is 1. The fraction of sp³-hybridized carbons (Fsp3) is 0.333. The van der Waals surface area contributed by atoms with Crippen molar-refractivity contribution < 1.29 is 46.1 Å². The number of benzene rings is 2. The minimum atomic E-state index is -5.49. The zero-order valence-corrected chi connectivity index (χ0v) is 24.9. The van der Waals surface area contributed by atoms with Crippen molar-refractivity contribution in [3.63, 3.8) is 0 Å². The average molecular weight is 666 g/mol. The number of fused-ring (bicyclic) bond motifs is 2. The lowest BCUT2D eigenvalue weighted by Gasteiger charge is -2.31. The molecule has 0 bridgehead atoms. The second kappa shape index (κ2) is 10.8. The lowest BCUT2D eigenvalue weighted by atomic mass is 9.81. The Balaban J connectivity index is 1.43. The van der Waals surface area contributed by atoms with E-state index in [2.05, 4.69) is 15.4 Å². The highest BCUT2D eigenvalue weighted by atomic mass is 35.5. The largest absolute Gasteiger partial charge is 0.494 e. The number of pyridine rings is 1. The fourth-order valence-corrected chi connectivity index (χ4v) is 5.42. The van der Waals surface area contributed by atoms with Crippen molar-refractivity contribution in [3.05, 3.63) is 70.0 Å². The molecule has 3 heterocycles. The first kappa shape index (κ1) is 31.5. The van der Waals surface area contributed by atoms with Crippen LogP contribution in [0.25, 0.3) is 22.2 Å². The number of nitrogens with one attached hydrogen (secondary N) is 1. The highest BCUT2D eigenvalue weighted by molar-refractivity contribution is 6.30. The van der Waals surface area contributed by atoms with Crippen molar-refractivity contribution in [1.82, 2.24) is 20.1 Å². The minimum absolute atomic E-state index is 0.0831. The van der Waals surface area contributed by atoms with E-state index in [0.29, 0.717) is 10.9 Å². The molecule has 2 aromatic heterocycles. The smallest absolute Gasteiger partial charge is 0.424 e. The van der Waals surface area contributed by atoms with Crippen LogP contribution >= 0.6 is 11.6 Å². The Hall–Kier alpha value is -4.50. The number of carbonyl (C=O) groups is 2. The van der Waals surface area contributed by atoms with E-state index in [0.717, 1.165) is 31.0 Å². The molecule has 2 aromatic carbocycles. The summed E-state index contributed by atoms with van der Waals surface area (Å²) >= 11 is 5.66. The van der Waals surface area contributed by atoms with Crippen LogP contribution in [0.2, 0.25) is 5.02 Å². The van der Waals surface area contributed by atoms with Gasteiger partial charge in [-0.2, -0.15) is 18.3 Å². The van der Waals surface area contributed by atoms with Crippen molar-refractivity contribution in [2.24, 2.45) is 5.73 Å². The van der Waals surface area contributed by atoms with E-state index >= 15 is 4.39 Å². The molecule has 6 rings (SSSR count). The van der Waals surface area contributed by atoms with E-state index in [4.69, 9.17) is 26.8 Å². The van der Waals surface area contributed by atoms with Crippen molar-refractivity contribution >= 4 is 34.3 Å². The summed E-state index contributed by atoms with van der Waals surface area (Å²) in [6, 6.07) is 5.59. The Bertz CT molecular complexity index is 1930. The van der Waals surface area contributed by atoms with Gasteiger partial charge < -0.3 is 25.6 Å². The number of aromatic nitrogens is 3. The number of alkyl halides is 3. The molecule has 1 unspecified atom stereocenters. The van der Waals surface area contributed by atoms with Crippen LogP contribution in [0.15, 0.2) is 36.5 Å². The molecular weight excluding hydrogens is 641 g/mol. The van der Waals surface area contributed by atoms with E-state index in [-0.39, 0.29) is 28.7 Å². The van der Waals surface area contributed by atoms with Crippen molar-refractivity contribution in [1.29, 1.82) is 0 Å². The summed E-state index contributed by atoms with van der Waals surface area (Å²) in [4.78, 5) is 29.5. The first-order valence-corrected chi connectivity index (χ1v) is 14.2. The van der Waals surface area contributed by atoms with Gasteiger partial charge in [0.2, 0.25) is 11.5 Å². The summed E-state index contributed by atoms with van der Waals surface area (Å²) in [5.41, 5.74) is -2.42. The maximum absolute atomic E-state index is 15.1. The van der Waals surface area contributed by atoms with E-state index < -0.39 is 75.8 Å². The van der Waals surface area contributed by atoms with Crippen LogP contribution < -0.4 is 20.5 Å². The molecule has 46 heavy (non-hydrogen) atoms. The molecule has 2 amide bonds. The summed E-state index contributed by atoms with van der Waals surface area (Å²) in [5.74, 6) is -5.21. The van der Waals surface area contributed by atoms with E-state index in [1.807, 2.05) is 0 Å². The standard InChI is InChI=1S/C30H25ClF5N5O5/c1-28(27(37)43)12-46-25-17(28)9-20(39-24(25)16-5-6-18(31)22(33)21(16)32)29(44,30(34,35)36)11-38-26(42)13-7-14-10-41(15-3-4-15)40-23(14)19(8-13)45-2/h5-10,15,44H,3-4,11-12H2,1-2H3,(H2,37,43)(H,38,42)/t28-,29?/m0/s1. The van der Waals surface area contributed by atoms with Gasteiger partial charge in [0.15, 0.2) is 11.6 Å². The molecule has 4 aromatic rings. The monoisotopic (exact) mass is 665 g/mol. The number of nitrogens with zero attached hydrogens (tertiary/aromatic N) is 3. The third kappa shape index (κ3) is 4.97. The van der Waals surface area contributed by atoms with Gasteiger partial charge in [-0.15, -0.1) is 0 Å². The number of hydrogen-bond donors (Lipinski definition) is 3. The molecule has 1 aliphatic heterocycles. The normalized spacial score (nSPS) is 19.0. The molecule has 10 nitrogen and oxygen atoms in total. The first-order valence-electron chi connectivity index (χ1n) is 13.9. The van der Waals surface area contributed by atoms with Gasteiger partial charge in [0.1, 0.15) is 34.7 Å². The highest BCUT2D eigenvalue weighted by Gasteiger charge is 2.58. The molecule has 2 atom stereocenters. The topological polar surface area (TPSA) is 142 Å². The number of carbonyl (C=O) groups excluding carboxylic acids is 2. The van der Waals surface area contributed by atoms with Gasteiger partial charge in [-0.3, -0.25) is 14.3 Å². The van der Waals surface area contributed by atoms with Crippen LogP contribution in [-0.2, 0) is 15.8 Å². The molecule has 1 saturated carbocycles. The lowest BCUT2D eigenvalue weighted by Crippen LogP contribution is -2.51. The maximum atomic E-state index is 15.1. The number of rotatable bonds is 8. The molecule has 4 N–H and O–H groups in total. The number of methoxy groups -OCH3 is 1. The molecule has 0 radical (unpaired) electrons. The molecule has 1 aliphatic carbocycles. The van der Waals surface area contributed by atoms with Gasteiger partial charge in [-0.1, -0.05) is 11.6 Å². The third-order valence-electron chi connectivity index (χ3n) is 8.30. The van der Waals surface area contributed by atoms with E-state index in [1.54, 1.807) is 10.9 Å². The third-order valence-corrected chi connectivity index (χ3v) is 8.59. The van der Waals surface area contributed by atoms with Crippen molar-refractivity contribution in [3.8, 4) is 22.8 Å². The Morgan fingerprint density at radius 2 is 1.93 bits per heavy atom. The van der Waals surface area contributed by atoms with Gasteiger partial charge in [0.25, 0.3) is 5.91 Å². The number of ether oxygens (including phenoxy) is 2. The minimum Gasteiger partial charge on any atom is -0.494 e. The second-order valence-corrected chi connectivity index (χ2v) is 11.8. The predicted molar refractivity (Wildman–Crippen MR) is 153 cm³/mol. The molecule has 0 saturated heterocycles. The Morgan fingerprint density at radius 1 is 1.22 bits per heavy atom. The highest BCUT2D eigenvalue weighted by Crippen LogP contribution is 2.48. The molecule has 2 aliphatic rings. The number of primary amides is 1. The molecule has 1 fully saturated rings. The Kier molecular flexibility index (Phi) is 7.39. The number of halogens is 6. The first-order chi connectivity index (χ1) is 21.6. The van der Waals surface area contributed by atoms with Crippen LogP contribution in [0.5, 0.6) is 11.5 Å². The number of hydrogen-bond acceptors (Lipinski definition) is 7. The quantitative estimate of drug-likeness (QED) is 0.183. The van der Waals surface area contributed by atoms with Crippen LogP contribution in [0, 0.1) is 11.6 Å².